The molecule has 34 heavy (non-hydrogen) atoms. The average molecular weight is 502 g/mol. The molecule has 2 unspecified atom stereocenters. The number of amides is 2. The molecule has 2 aliphatic rings. The molecular formula is C25H28ClN3O4S. The van der Waals surface area contributed by atoms with Gasteiger partial charge in [-0.1, -0.05) is 41.9 Å². The van der Waals surface area contributed by atoms with E-state index >= 15 is 0 Å². The van der Waals surface area contributed by atoms with E-state index in [2.05, 4.69) is 16.4 Å². The predicted octanol–water partition coefficient (Wildman–Crippen LogP) is 2.87. The Morgan fingerprint density at radius 1 is 1.18 bits per heavy atom. The van der Waals surface area contributed by atoms with Gasteiger partial charge in [-0.25, -0.2) is 0 Å². The van der Waals surface area contributed by atoms with E-state index in [1.54, 1.807) is 24.0 Å². The zero-order valence-electron chi connectivity index (χ0n) is 18.6. The van der Waals surface area contributed by atoms with Gasteiger partial charge >= 0.3 is 0 Å². The highest BCUT2D eigenvalue weighted by atomic mass is 35.5. The Hall–Kier alpha value is -2.39. The van der Waals surface area contributed by atoms with Crippen molar-refractivity contribution < 1.29 is 19.8 Å². The fourth-order valence-corrected chi connectivity index (χ4v) is 5.80. The number of nitrogens with zero attached hydrogens (tertiary/aromatic N) is 2. The zero-order valence-corrected chi connectivity index (χ0v) is 20.2. The van der Waals surface area contributed by atoms with Gasteiger partial charge in [0, 0.05) is 34.5 Å². The van der Waals surface area contributed by atoms with Gasteiger partial charge in [0.05, 0.1) is 11.7 Å². The van der Waals surface area contributed by atoms with E-state index in [4.69, 9.17) is 11.6 Å². The monoisotopic (exact) mass is 501 g/mol. The topological polar surface area (TPSA) is 103 Å². The highest BCUT2D eigenvalue weighted by Crippen LogP contribution is 2.35. The summed E-state index contributed by atoms with van der Waals surface area (Å²) in [6, 6.07) is 13.0. The number of aliphatic hydroxyl groups is 2. The molecule has 9 heteroatoms. The molecule has 2 amide bonds. The second kappa shape index (κ2) is 11.4. The first kappa shape index (κ1) is 24.7. The lowest BCUT2D eigenvalue weighted by Gasteiger charge is -2.28. The number of allylic oxidation sites excluding steroid dienone is 1. The number of carbonyl (C=O) groups is 2. The summed E-state index contributed by atoms with van der Waals surface area (Å²) in [6.07, 6.45) is 3.20. The van der Waals surface area contributed by atoms with Crippen LogP contribution in [-0.4, -0.2) is 62.5 Å². The molecule has 3 N–H and O–H groups in total. The summed E-state index contributed by atoms with van der Waals surface area (Å²) in [7, 11) is 0. The molecule has 0 spiro atoms. The van der Waals surface area contributed by atoms with Crippen LogP contribution in [0.2, 0.25) is 5.02 Å². The Morgan fingerprint density at radius 2 is 1.97 bits per heavy atom. The lowest BCUT2D eigenvalue weighted by Crippen LogP contribution is -2.50. The first-order valence-electron chi connectivity index (χ1n) is 11.4. The minimum Gasteiger partial charge on any atom is -0.380 e. The summed E-state index contributed by atoms with van der Waals surface area (Å²) in [5.41, 5.74) is 1.82. The molecule has 3 heterocycles. The van der Waals surface area contributed by atoms with Crippen molar-refractivity contribution in [1.29, 1.82) is 0 Å². The Labute approximate surface area is 208 Å². The van der Waals surface area contributed by atoms with Gasteiger partial charge in [0.1, 0.15) is 0 Å². The van der Waals surface area contributed by atoms with Crippen LogP contribution in [0, 0.1) is 0 Å². The molecular weight excluding hydrogens is 474 g/mol. The molecule has 1 aromatic heterocycles. The van der Waals surface area contributed by atoms with Crippen LogP contribution in [-0.2, 0) is 16.0 Å². The van der Waals surface area contributed by atoms with Gasteiger partial charge in [0.15, 0.2) is 12.2 Å². The van der Waals surface area contributed by atoms with Crippen molar-refractivity contribution in [3.63, 3.8) is 0 Å². The van der Waals surface area contributed by atoms with Gasteiger partial charge in [0.25, 0.3) is 11.8 Å². The number of pyridine rings is 1. The average Bonchev–Trinajstić information content (AvgIpc) is 3.53. The third-order valence-corrected chi connectivity index (χ3v) is 7.83. The molecule has 180 valence electrons. The summed E-state index contributed by atoms with van der Waals surface area (Å²) in [5, 5.41) is 24.5. The summed E-state index contributed by atoms with van der Waals surface area (Å²) >= 11 is 7.92. The number of hydrogen-bond donors (Lipinski definition) is 3. The number of hydrogen-bond acceptors (Lipinski definition) is 6. The number of nitrogens with one attached hydrogen (secondary N) is 1. The van der Waals surface area contributed by atoms with Crippen LogP contribution < -0.4 is 5.32 Å². The maximum Gasteiger partial charge on any atom is 0.255 e. The SMILES string of the molecule is O=C(NCC1=CCC(Cc2ccccc2Cl)S1)[C@H](O)[C@@H](O)C(=O)N1CCCC1c1ccccn1. The van der Waals surface area contributed by atoms with Crippen LogP contribution in [0.15, 0.2) is 59.6 Å². The van der Waals surface area contributed by atoms with Gasteiger partial charge in [-0.2, -0.15) is 0 Å². The fraction of sp³-hybridized carbons (Fsp3) is 0.400. The first-order valence-corrected chi connectivity index (χ1v) is 12.6. The quantitative estimate of drug-likeness (QED) is 0.514. The third kappa shape index (κ3) is 5.81. The van der Waals surface area contributed by atoms with E-state index in [1.807, 2.05) is 36.4 Å². The van der Waals surface area contributed by atoms with Crippen molar-refractivity contribution in [2.75, 3.05) is 13.1 Å². The lowest BCUT2D eigenvalue weighted by molar-refractivity contribution is -0.153. The van der Waals surface area contributed by atoms with Gasteiger partial charge in [-0.05, 0) is 49.4 Å². The van der Waals surface area contributed by atoms with Crippen LogP contribution >= 0.6 is 23.4 Å². The van der Waals surface area contributed by atoms with Crippen molar-refractivity contribution in [1.82, 2.24) is 15.2 Å². The van der Waals surface area contributed by atoms with Crippen molar-refractivity contribution in [2.45, 2.75) is 49.2 Å². The van der Waals surface area contributed by atoms with Crippen molar-refractivity contribution >= 4 is 35.2 Å². The molecule has 0 aliphatic carbocycles. The highest BCUT2D eigenvalue weighted by Gasteiger charge is 2.39. The minimum atomic E-state index is -1.84. The van der Waals surface area contributed by atoms with E-state index in [9.17, 15) is 19.8 Å². The van der Waals surface area contributed by atoms with Crippen LogP contribution in [0.3, 0.4) is 0 Å². The number of carbonyl (C=O) groups excluding carboxylic acids is 2. The van der Waals surface area contributed by atoms with Crippen molar-refractivity contribution in [3.05, 3.63) is 75.9 Å². The molecule has 1 aromatic carbocycles. The molecule has 2 aromatic rings. The molecule has 0 bridgehead atoms. The Morgan fingerprint density at radius 3 is 2.74 bits per heavy atom. The summed E-state index contributed by atoms with van der Waals surface area (Å²) in [5.74, 6) is -1.43. The maximum absolute atomic E-state index is 12.9. The van der Waals surface area contributed by atoms with Gasteiger partial charge in [0.2, 0.25) is 0 Å². The number of aliphatic hydroxyl groups excluding tert-OH is 2. The number of likely N-dealkylation sites (tertiary alicyclic amines) is 1. The molecule has 1 saturated heterocycles. The molecule has 4 atom stereocenters. The minimum absolute atomic E-state index is 0.237. The standard InChI is InChI=1S/C25H28ClN3O4S/c26-19-7-2-1-6-16(19)14-17-10-11-18(34-17)15-28-24(32)22(30)23(31)25(33)29-13-5-9-21(29)20-8-3-4-12-27-20/h1-4,6-8,11-12,17,21-23,30-31H,5,9-10,13-15H2,(H,28,32)/t17?,21?,22-,23-/m1/s1. The second-order valence-corrected chi connectivity index (χ2v) is 10.3. The molecule has 2 aliphatic heterocycles. The Balaban J connectivity index is 1.26. The summed E-state index contributed by atoms with van der Waals surface area (Å²) in [6.45, 7) is 0.683. The zero-order chi connectivity index (χ0) is 24.1. The van der Waals surface area contributed by atoms with Crippen molar-refractivity contribution in [2.24, 2.45) is 0 Å². The molecule has 0 saturated carbocycles. The van der Waals surface area contributed by atoms with E-state index in [0.29, 0.717) is 11.8 Å². The summed E-state index contributed by atoms with van der Waals surface area (Å²) in [4.78, 5) is 32.1. The molecule has 7 nitrogen and oxygen atoms in total. The third-order valence-electron chi connectivity index (χ3n) is 6.15. The number of aromatic nitrogens is 1. The molecule has 1 fully saturated rings. The number of halogens is 1. The van der Waals surface area contributed by atoms with Gasteiger partial charge in [-0.3, -0.25) is 14.6 Å². The van der Waals surface area contributed by atoms with Crippen LogP contribution in [0.1, 0.15) is 36.6 Å². The number of thioether (sulfide) groups is 1. The van der Waals surface area contributed by atoms with Crippen LogP contribution in [0.25, 0.3) is 0 Å². The Kier molecular flexibility index (Phi) is 8.26. The Bertz CT molecular complexity index is 1050. The largest absolute Gasteiger partial charge is 0.380 e. The summed E-state index contributed by atoms with van der Waals surface area (Å²) < 4.78 is 0. The number of rotatable bonds is 8. The fourth-order valence-electron chi connectivity index (χ4n) is 4.36. The number of benzene rings is 1. The van der Waals surface area contributed by atoms with E-state index in [-0.39, 0.29) is 12.6 Å². The molecule has 4 rings (SSSR count). The van der Waals surface area contributed by atoms with E-state index in [0.717, 1.165) is 46.9 Å². The lowest BCUT2D eigenvalue weighted by atomic mass is 10.1. The van der Waals surface area contributed by atoms with Gasteiger partial charge < -0.3 is 20.4 Å². The molecule has 0 radical (unpaired) electrons. The predicted molar refractivity (Wildman–Crippen MR) is 132 cm³/mol. The van der Waals surface area contributed by atoms with E-state index in [1.165, 1.54) is 4.90 Å². The first-order chi connectivity index (χ1) is 16.4. The second-order valence-electron chi connectivity index (χ2n) is 8.49. The van der Waals surface area contributed by atoms with Crippen LogP contribution in [0.4, 0.5) is 0 Å². The van der Waals surface area contributed by atoms with E-state index < -0.39 is 24.0 Å². The van der Waals surface area contributed by atoms with Crippen molar-refractivity contribution in [3.8, 4) is 0 Å². The highest BCUT2D eigenvalue weighted by molar-refractivity contribution is 8.03. The normalized spacial score (nSPS) is 21.7. The smallest absolute Gasteiger partial charge is 0.255 e. The maximum atomic E-state index is 12.9. The van der Waals surface area contributed by atoms with Gasteiger partial charge in [-0.15, -0.1) is 11.8 Å². The van der Waals surface area contributed by atoms with Crippen LogP contribution in [0.5, 0.6) is 0 Å².